The molecule has 4 aromatic rings. The van der Waals surface area contributed by atoms with Crippen LogP contribution in [0, 0.1) is 6.92 Å². The van der Waals surface area contributed by atoms with Gasteiger partial charge in [0.25, 0.3) is 10.0 Å². The Hall–Kier alpha value is -5.61. The van der Waals surface area contributed by atoms with Gasteiger partial charge in [-0.25, -0.2) is 4.79 Å². The molecule has 0 bridgehead atoms. The fourth-order valence-corrected chi connectivity index (χ4v) is 7.14. The third-order valence-corrected chi connectivity index (χ3v) is 10.6. The number of nitrogens with one attached hydrogen (secondary N) is 4. The van der Waals surface area contributed by atoms with Crippen molar-refractivity contribution in [3.63, 3.8) is 0 Å². The van der Waals surface area contributed by atoms with Gasteiger partial charge < -0.3 is 34.9 Å². The number of anilines is 1. The van der Waals surface area contributed by atoms with Crippen LogP contribution < -0.4 is 20.8 Å². The number of ether oxygens (including phenoxy) is 4. The Balaban J connectivity index is 0.816. The molecule has 1 aliphatic carbocycles. The topological polar surface area (TPSA) is 183 Å². The van der Waals surface area contributed by atoms with Crippen LogP contribution in [0.3, 0.4) is 0 Å². The Morgan fingerprint density at radius 2 is 1.25 bits per heavy atom. The lowest BCUT2D eigenvalue weighted by molar-refractivity contribution is -0.124. The summed E-state index contributed by atoms with van der Waals surface area (Å²) in [6.45, 7) is 7.27. The van der Waals surface area contributed by atoms with Crippen molar-refractivity contribution in [2.45, 2.75) is 50.3 Å². The summed E-state index contributed by atoms with van der Waals surface area (Å²) in [5.74, 6) is -0.546. The maximum Gasteiger partial charge on any atom is 0.407 e. The van der Waals surface area contributed by atoms with Crippen LogP contribution in [-0.4, -0.2) is 91.4 Å². The van der Waals surface area contributed by atoms with Crippen molar-refractivity contribution in [3.05, 3.63) is 119 Å². The van der Waals surface area contributed by atoms with Gasteiger partial charge in [-0.2, -0.15) is 18.4 Å². The molecule has 5 rings (SSSR count). The Morgan fingerprint density at radius 1 is 0.678 bits per heavy atom. The van der Waals surface area contributed by atoms with E-state index < -0.39 is 16.1 Å². The molecule has 0 saturated carbocycles. The number of carbonyl (C=O) groups is 3. The number of hydrazone groups is 1. The molecule has 0 fully saturated rings. The number of fused-ring (bicyclic) bond motifs is 3. The third kappa shape index (κ3) is 14.3. The number of amides is 3. The molecule has 0 atom stereocenters. The van der Waals surface area contributed by atoms with E-state index in [0.717, 1.165) is 5.56 Å². The van der Waals surface area contributed by atoms with E-state index >= 15 is 0 Å². The zero-order chi connectivity index (χ0) is 41.9. The van der Waals surface area contributed by atoms with Crippen molar-refractivity contribution in [2.24, 2.45) is 5.10 Å². The van der Waals surface area contributed by atoms with E-state index in [1.807, 2.05) is 31.2 Å². The fraction of sp³-hybridized carbons (Fsp3) is 0.364. The summed E-state index contributed by atoms with van der Waals surface area (Å²) >= 11 is 0. The molecule has 0 unspecified atom stereocenters. The first-order valence-electron chi connectivity index (χ1n) is 19.7. The van der Waals surface area contributed by atoms with E-state index in [-0.39, 0.29) is 42.1 Å². The lowest BCUT2D eigenvalue weighted by atomic mass is 9.98. The van der Waals surface area contributed by atoms with Gasteiger partial charge in [-0.15, -0.1) is 0 Å². The Labute approximate surface area is 346 Å². The van der Waals surface area contributed by atoms with Crippen LogP contribution >= 0.6 is 0 Å². The predicted molar refractivity (Wildman–Crippen MR) is 226 cm³/mol. The number of sulfonamides is 1. The number of nitrogens with zero attached hydrogens (tertiary/aromatic N) is 1. The second-order valence-electron chi connectivity index (χ2n) is 13.9. The van der Waals surface area contributed by atoms with E-state index in [4.69, 9.17) is 18.9 Å². The lowest BCUT2D eigenvalue weighted by Gasteiger charge is -2.14. The van der Waals surface area contributed by atoms with E-state index in [1.165, 1.54) is 34.4 Å². The minimum Gasteiger partial charge on any atom is -0.449 e. The molecule has 4 aromatic carbocycles. The highest BCUT2D eigenvalue weighted by molar-refractivity contribution is 7.89. The molecule has 0 heterocycles. The monoisotopic (exact) mass is 827 g/mol. The first-order chi connectivity index (χ1) is 28.6. The van der Waals surface area contributed by atoms with Crippen LogP contribution in [0.1, 0.15) is 60.8 Å². The van der Waals surface area contributed by atoms with Crippen LogP contribution in [0.5, 0.6) is 0 Å². The van der Waals surface area contributed by atoms with Crippen LogP contribution in [0.15, 0.2) is 107 Å². The number of hydrogen-bond donors (Lipinski definition) is 4. The maximum absolute atomic E-state index is 12.6. The zero-order valence-corrected chi connectivity index (χ0v) is 34.4. The van der Waals surface area contributed by atoms with Crippen LogP contribution in [-0.2, 0) is 38.6 Å². The van der Waals surface area contributed by atoms with E-state index in [2.05, 4.69) is 50.1 Å². The van der Waals surface area contributed by atoms with Gasteiger partial charge in [0.2, 0.25) is 11.8 Å². The average molecular weight is 828 g/mol. The number of rotatable bonds is 24. The lowest BCUT2D eigenvalue weighted by Crippen LogP contribution is -2.27. The summed E-state index contributed by atoms with van der Waals surface area (Å²) in [4.78, 5) is 39.4. The quantitative estimate of drug-likeness (QED) is 0.0380. The second-order valence-corrected chi connectivity index (χ2v) is 15.5. The molecular formula is C44H53N5O9S. The van der Waals surface area contributed by atoms with Crippen molar-refractivity contribution in [3.8, 4) is 11.1 Å². The van der Waals surface area contributed by atoms with Gasteiger partial charge in [-0.3, -0.25) is 9.59 Å². The summed E-state index contributed by atoms with van der Waals surface area (Å²) in [7, 11) is -3.83. The van der Waals surface area contributed by atoms with Crippen molar-refractivity contribution in [2.75, 3.05) is 64.7 Å². The number of benzene rings is 4. The van der Waals surface area contributed by atoms with Gasteiger partial charge in [-0.05, 0) is 78.8 Å². The highest BCUT2D eigenvalue weighted by atomic mass is 32.2. The summed E-state index contributed by atoms with van der Waals surface area (Å²) in [5, 5.41) is 12.4. The van der Waals surface area contributed by atoms with E-state index in [9.17, 15) is 22.8 Å². The van der Waals surface area contributed by atoms with Gasteiger partial charge >= 0.3 is 6.09 Å². The molecule has 1 aliphatic rings. The van der Waals surface area contributed by atoms with Crippen molar-refractivity contribution in [1.29, 1.82) is 0 Å². The van der Waals surface area contributed by atoms with Crippen LogP contribution in [0.4, 0.5) is 10.5 Å². The molecule has 0 spiro atoms. The molecule has 0 saturated heterocycles. The summed E-state index contributed by atoms with van der Waals surface area (Å²) in [5.41, 5.74) is 7.19. The third-order valence-electron chi connectivity index (χ3n) is 9.42. The molecule has 0 aromatic heterocycles. The molecule has 4 N–H and O–H groups in total. The molecule has 14 nitrogen and oxygen atoms in total. The Kier molecular flexibility index (Phi) is 17.4. The summed E-state index contributed by atoms with van der Waals surface area (Å²) in [6, 6.07) is 29.7. The molecule has 59 heavy (non-hydrogen) atoms. The highest BCUT2D eigenvalue weighted by Gasteiger charge is 2.29. The van der Waals surface area contributed by atoms with E-state index in [1.54, 1.807) is 43.3 Å². The predicted octanol–water partition coefficient (Wildman–Crippen LogP) is 5.90. The van der Waals surface area contributed by atoms with E-state index in [0.29, 0.717) is 82.5 Å². The van der Waals surface area contributed by atoms with Gasteiger partial charge in [0.1, 0.15) is 6.61 Å². The molecule has 15 heteroatoms. The number of aryl methyl sites for hydroxylation is 1. The second kappa shape index (κ2) is 23.1. The largest absolute Gasteiger partial charge is 0.449 e. The van der Waals surface area contributed by atoms with Gasteiger partial charge in [0, 0.05) is 50.8 Å². The first-order valence-corrected chi connectivity index (χ1v) is 21.2. The average Bonchev–Trinajstić information content (AvgIpc) is 3.56. The molecular weight excluding hydrogens is 775 g/mol. The maximum atomic E-state index is 12.6. The standard InChI is InChI=1S/C44H53N5O9S/c1-32-16-18-36(19-17-32)59(53,54)49-48-33(2)34-10-7-11-35(30-34)47-43(51)21-20-42(50)45-22-8-24-55-26-28-57-29-27-56-25-9-23-46-44(52)58-31-41-39-14-5-3-12-37(39)38-13-4-6-15-40(38)41/h3-7,10-19,30,41,49H,8-9,20-29,31H2,1-2H3,(H,45,50)(H,46,52)(H,47,51)/b48-33+. The summed E-state index contributed by atoms with van der Waals surface area (Å²) < 4.78 is 47.3. The van der Waals surface area contributed by atoms with Crippen LogP contribution in [0.2, 0.25) is 0 Å². The normalized spacial score (nSPS) is 12.3. The minimum absolute atomic E-state index is 0.00474. The SMILES string of the molecule is C/C(=N\NS(=O)(=O)c1ccc(C)cc1)c1cccc(NC(=O)CCC(=O)NCCCOCCOCCOCCCNC(=O)OCC2c3ccccc3-c3ccccc32)c1. The first kappa shape index (κ1) is 44.5. The minimum atomic E-state index is -3.83. The van der Waals surface area contributed by atoms with Gasteiger partial charge in [0.15, 0.2) is 0 Å². The van der Waals surface area contributed by atoms with Crippen LogP contribution in [0.25, 0.3) is 11.1 Å². The Morgan fingerprint density at radius 3 is 1.90 bits per heavy atom. The number of hydrogen-bond acceptors (Lipinski definition) is 10. The summed E-state index contributed by atoms with van der Waals surface area (Å²) in [6.07, 6.45) is 0.839. The Bertz CT molecular complexity index is 2100. The van der Waals surface area contributed by atoms with Crippen molar-refractivity contribution in [1.82, 2.24) is 15.5 Å². The van der Waals surface area contributed by atoms with Crippen molar-refractivity contribution >= 4 is 39.3 Å². The number of alkyl carbamates (subject to hydrolysis) is 1. The fourth-order valence-electron chi connectivity index (χ4n) is 6.28. The van der Waals surface area contributed by atoms with Crippen molar-refractivity contribution < 1.29 is 41.7 Å². The zero-order valence-electron chi connectivity index (χ0n) is 33.5. The number of carbonyl (C=O) groups excluding carboxylic acids is 3. The smallest absolute Gasteiger partial charge is 0.407 e. The highest BCUT2D eigenvalue weighted by Crippen LogP contribution is 2.44. The van der Waals surface area contributed by atoms with Gasteiger partial charge in [0.05, 0.1) is 37.0 Å². The molecule has 0 radical (unpaired) electrons. The molecule has 0 aliphatic heterocycles. The molecule has 3 amide bonds. The van der Waals surface area contributed by atoms with Gasteiger partial charge in [-0.1, -0.05) is 78.4 Å². The molecule has 314 valence electrons.